The Morgan fingerprint density at radius 3 is 2.69 bits per heavy atom. The van der Waals surface area contributed by atoms with Crippen LogP contribution < -0.4 is 9.47 Å². The molecule has 3 heterocycles. The first-order valence-corrected chi connectivity index (χ1v) is 12.3. The molecule has 1 aliphatic rings. The lowest BCUT2D eigenvalue weighted by Gasteiger charge is -2.32. The average molecular weight is 483 g/mol. The number of hydrogen-bond donors (Lipinski definition) is 0. The number of benzene rings is 2. The van der Waals surface area contributed by atoms with Crippen molar-refractivity contribution in [3.63, 3.8) is 0 Å². The van der Waals surface area contributed by atoms with Crippen molar-refractivity contribution in [2.45, 2.75) is 38.8 Å². The third kappa shape index (κ3) is 4.96. The van der Waals surface area contributed by atoms with Gasteiger partial charge < -0.3 is 14.4 Å². The molecule has 0 bridgehead atoms. The Bertz CT molecular complexity index is 1380. The second-order valence-corrected chi connectivity index (χ2v) is 9.24. The van der Waals surface area contributed by atoms with Gasteiger partial charge in [-0.1, -0.05) is 12.6 Å². The van der Waals surface area contributed by atoms with Gasteiger partial charge in [-0.3, -0.25) is 14.5 Å². The predicted molar refractivity (Wildman–Crippen MR) is 140 cm³/mol. The summed E-state index contributed by atoms with van der Waals surface area (Å²) < 4.78 is 13.9. The smallest absolute Gasteiger partial charge is 0.246 e. The van der Waals surface area contributed by atoms with Crippen molar-refractivity contribution >= 4 is 16.8 Å². The number of nitrogens with zero attached hydrogens (tertiary/aromatic N) is 4. The van der Waals surface area contributed by atoms with Gasteiger partial charge in [0.1, 0.15) is 22.9 Å². The van der Waals surface area contributed by atoms with Crippen molar-refractivity contribution in [2.75, 3.05) is 13.1 Å². The molecule has 0 aliphatic carbocycles. The first-order chi connectivity index (χ1) is 17.5. The van der Waals surface area contributed by atoms with E-state index in [0.717, 1.165) is 58.8 Å². The molecule has 2 aromatic heterocycles. The quantitative estimate of drug-likeness (QED) is 0.301. The first kappa shape index (κ1) is 23.6. The van der Waals surface area contributed by atoms with Crippen molar-refractivity contribution in [3.05, 3.63) is 79.6 Å². The van der Waals surface area contributed by atoms with Crippen LogP contribution in [-0.2, 0) is 4.79 Å². The van der Waals surface area contributed by atoms with Gasteiger partial charge in [-0.05, 0) is 75.2 Å². The van der Waals surface area contributed by atoms with Crippen LogP contribution in [0.4, 0.5) is 0 Å². The Hall–Kier alpha value is -4.13. The average Bonchev–Trinajstić information content (AvgIpc) is 3.28. The number of fused-ring (bicyclic) bond motifs is 1. The summed E-state index contributed by atoms with van der Waals surface area (Å²) in [6.45, 7) is 9.01. The molecule has 1 amide bonds. The van der Waals surface area contributed by atoms with E-state index in [1.807, 2.05) is 79.5 Å². The van der Waals surface area contributed by atoms with E-state index in [-0.39, 0.29) is 18.1 Å². The molecule has 0 radical (unpaired) electrons. The molecule has 1 saturated heterocycles. The Labute approximate surface area is 211 Å². The summed E-state index contributed by atoms with van der Waals surface area (Å²) >= 11 is 0. The van der Waals surface area contributed by atoms with Gasteiger partial charge in [-0.15, -0.1) is 0 Å². The van der Waals surface area contributed by atoms with Gasteiger partial charge in [0.05, 0.1) is 17.7 Å². The van der Waals surface area contributed by atoms with Gasteiger partial charge in [-0.2, -0.15) is 5.10 Å². The summed E-state index contributed by atoms with van der Waals surface area (Å²) in [7, 11) is 0. The Balaban J connectivity index is 1.40. The lowest BCUT2D eigenvalue weighted by molar-refractivity contribution is -0.127. The Morgan fingerprint density at radius 1 is 1.11 bits per heavy atom. The van der Waals surface area contributed by atoms with Gasteiger partial charge in [0.15, 0.2) is 0 Å². The molecule has 0 N–H and O–H groups in total. The maximum absolute atomic E-state index is 12.2. The fourth-order valence-corrected chi connectivity index (χ4v) is 4.66. The van der Waals surface area contributed by atoms with Crippen molar-refractivity contribution in [3.8, 4) is 28.5 Å². The molecule has 7 nitrogen and oxygen atoms in total. The van der Waals surface area contributed by atoms with Crippen LogP contribution in [0.5, 0.6) is 17.2 Å². The van der Waals surface area contributed by atoms with E-state index in [1.54, 1.807) is 6.20 Å². The number of hydrogen-bond acceptors (Lipinski definition) is 5. The van der Waals surface area contributed by atoms with Crippen LogP contribution >= 0.6 is 0 Å². The minimum atomic E-state index is -0.0325. The second kappa shape index (κ2) is 10.2. The zero-order valence-electron chi connectivity index (χ0n) is 20.6. The van der Waals surface area contributed by atoms with Gasteiger partial charge in [-0.25, -0.2) is 0 Å². The number of pyridine rings is 1. The van der Waals surface area contributed by atoms with Gasteiger partial charge in [0, 0.05) is 42.5 Å². The highest BCUT2D eigenvalue weighted by Gasteiger charge is 2.26. The molecule has 36 heavy (non-hydrogen) atoms. The molecule has 2 aromatic carbocycles. The number of aromatic nitrogens is 3. The number of amides is 1. The van der Waals surface area contributed by atoms with Crippen molar-refractivity contribution in [1.82, 2.24) is 19.7 Å². The molecule has 7 heteroatoms. The summed E-state index contributed by atoms with van der Waals surface area (Å²) in [5, 5.41) is 5.99. The van der Waals surface area contributed by atoms with E-state index in [4.69, 9.17) is 14.6 Å². The molecular weight excluding hydrogens is 452 g/mol. The number of rotatable bonds is 7. The topological polar surface area (TPSA) is 69.5 Å². The van der Waals surface area contributed by atoms with E-state index < -0.39 is 0 Å². The van der Waals surface area contributed by atoms with Gasteiger partial charge in [0.25, 0.3) is 0 Å². The highest BCUT2D eigenvalue weighted by molar-refractivity contribution is 5.93. The van der Waals surface area contributed by atoms with E-state index >= 15 is 0 Å². The number of carbonyl (C=O) groups is 1. The monoisotopic (exact) mass is 482 g/mol. The largest absolute Gasteiger partial charge is 0.491 e. The van der Waals surface area contributed by atoms with Crippen molar-refractivity contribution < 1.29 is 14.3 Å². The SMILES string of the molecule is C=CC(=O)N1CCCC(n2nc(-c3ccc(Oc4cccc(OC(C)C)c4)cc3)c3cnccc32)C1. The van der Waals surface area contributed by atoms with Gasteiger partial charge >= 0.3 is 0 Å². The summed E-state index contributed by atoms with van der Waals surface area (Å²) in [6, 6.07) is 17.6. The molecule has 0 spiro atoms. The fraction of sp³-hybridized carbons (Fsp3) is 0.276. The zero-order valence-corrected chi connectivity index (χ0v) is 20.6. The summed E-state index contributed by atoms with van der Waals surface area (Å²) in [5.41, 5.74) is 2.86. The summed E-state index contributed by atoms with van der Waals surface area (Å²) in [5.74, 6) is 2.19. The van der Waals surface area contributed by atoms with Crippen molar-refractivity contribution in [1.29, 1.82) is 0 Å². The molecular formula is C29H30N4O3. The summed E-state index contributed by atoms with van der Waals surface area (Å²) in [4.78, 5) is 18.4. The highest BCUT2D eigenvalue weighted by Crippen LogP contribution is 2.33. The number of likely N-dealkylation sites (tertiary alicyclic amines) is 1. The maximum Gasteiger partial charge on any atom is 0.246 e. The standard InChI is InChI=1S/C29H30N4O3/c1-4-28(34)32-16-6-7-22(19-32)33-27-14-15-30-18-26(27)29(31-33)21-10-12-23(13-11-21)36-25-9-5-8-24(17-25)35-20(2)3/h4-5,8-15,17-18,20,22H,1,6-7,16,19H2,2-3H3. The lowest BCUT2D eigenvalue weighted by atomic mass is 10.1. The normalized spacial score (nSPS) is 15.8. The molecule has 184 valence electrons. The first-order valence-electron chi connectivity index (χ1n) is 12.3. The highest BCUT2D eigenvalue weighted by atomic mass is 16.5. The molecule has 4 aromatic rings. The Morgan fingerprint density at radius 2 is 1.92 bits per heavy atom. The van der Waals surface area contributed by atoms with Crippen LogP contribution in [0.2, 0.25) is 0 Å². The van der Waals surface area contributed by atoms with Crippen LogP contribution in [0, 0.1) is 0 Å². The van der Waals surface area contributed by atoms with E-state index in [1.165, 1.54) is 6.08 Å². The second-order valence-electron chi connectivity index (χ2n) is 9.24. The number of piperidine rings is 1. The summed E-state index contributed by atoms with van der Waals surface area (Å²) in [6.07, 6.45) is 7.02. The molecule has 1 unspecified atom stereocenters. The van der Waals surface area contributed by atoms with Crippen LogP contribution in [0.15, 0.2) is 79.6 Å². The lowest BCUT2D eigenvalue weighted by Crippen LogP contribution is -2.40. The fourth-order valence-electron chi connectivity index (χ4n) is 4.66. The molecule has 1 aliphatic heterocycles. The third-order valence-corrected chi connectivity index (χ3v) is 6.28. The van der Waals surface area contributed by atoms with Crippen LogP contribution in [0.1, 0.15) is 32.7 Å². The van der Waals surface area contributed by atoms with Crippen LogP contribution in [0.3, 0.4) is 0 Å². The molecule has 5 rings (SSSR count). The van der Waals surface area contributed by atoms with Crippen LogP contribution in [-0.4, -0.2) is 44.8 Å². The zero-order chi connectivity index (χ0) is 25.1. The van der Waals surface area contributed by atoms with Crippen molar-refractivity contribution in [2.24, 2.45) is 0 Å². The number of carbonyl (C=O) groups excluding carboxylic acids is 1. The minimum Gasteiger partial charge on any atom is -0.491 e. The number of ether oxygens (including phenoxy) is 2. The molecule has 1 atom stereocenters. The predicted octanol–water partition coefficient (Wildman–Crippen LogP) is 6.03. The van der Waals surface area contributed by atoms with Gasteiger partial charge in [0.2, 0.25) is 5.91 Å². The van der Waals surface area contributed by atoms with E-state index in [0.29, 0.717) is 6.54 Å². The third-order valence-electron chi connectivity index (χ3n) is 6.28. The maximum atomic E-state index is 12.2. The van der Waals surface area contributed by atoms with E-state index in [9.17, 15) is 4.79 Å². The molecule has 0 saturated carbocycles. The molecule has 1 fully saturated rings. The van der Waals surface area contributed by atoms with E-state index in [2.05, 4.69) is 16.2 Å². The Kier molecular flexibility index (Phi) is 6.71. The minimum absolute atomic E-state index is 0.0325. The van der Waals surface area contributed by atoms with Crippen LogP contribution in [0.25, 0.3) is 22.2 Å².